The van der Waals surface area contributed by atoms with Gasteiger partial charge in [-0.3, -0.25) is 0 Å². The van der Waals surface area contributed by atoms with Gasteiger partial charge < -0.3 is 25.0 Å². The zero-order chi connectivity index (χ0) is 21.8. The Morgan fingerprint density at radius 2 is 1.71 bits per heavy atom. The van der Waals surface area contributed by atoms with E-state index in [9.17, 15) is 18.6 Å². The number of ether oxygens (including phenoxy) is 2. The molecule has 9 heteroatoms. The number of rotatable bonds is 9. The van der Waals surface area contributed by atoms with Crippen LogP contribution >= 0.6 is 12.4 Å². The molecule has 0 aromatic heterocycles. The molecule has 3 rings (SSSR count). The molecule has 1 unspecified atom stereocenters. The molecule has 31 heavy (non-hydrogen) atoms. The average Bonchev–Trinajstić information content (AvgIpc) is 3.00. The molecule has 1 aliphatic carbocycles. The SMILES string of the molecule is COc1cccc(CNCC2(COc3ccc(S(C)(=O)=O)cc3)C[C@@H](O)[C@@H](O)C2)c1.Cl. The van der Waals surface area contributed by atoms with Gasteiger partial charge in [-0.2, -0.15) is 0 Å². The molecule has 2 aromatic carbocycles. The number of aliphatic hydroxyl groups excluding tert-OH is 2. The highest BCUT2D eigenvalue weighted by Gasteiger charge is 2.44. The fraction of sp³-hybridized carbons (Fsp3) is 0.455. The minimum atomic E-state index is -3.26. The summed E-state index contributed by atoms with van der Waals surface area (Å²) in [5, 5.41) is 23.7. The molecule has 0 saturated heterocycles. The Kier molecular flexibility index (Phi) is 8.73. The monoisotopic (exact) mass is 471 g/mol. The van der Waals surface area contributed by atoms with Crippen LogP contribution < -0.4 is 14.8 Å². The molecule has 1 saturated carbocycles. The Morgan fingerprint density at radius 3 is 2.29 bits per heavy atom. The summed E-state index contributed by atoms with van der Waals surface area (Å²) in [7, 11) is -1.63. The highest BCUT2D eigenvalue weighted by molar-refractivity contribution is 7.90. The van der Waals surface area contributed by atoms with Crippen LogP contribution in [0.5, 0.6) is 11.5 Å². The number of aliphatic hydroxyl groups is 2. The van der Waals surface area contributed by atoms with Gasteiger partial charge in [-0.25, -0.2) is 8.42 Å². The van der Waals surface area contributed by atoms with Gasteiger partial charge in [-0.15, -0.1) is 12.4 Å². The van der Waals surface area contributed by atoms with Gasteiger partial charge in [0.05, 0.1) is 30.8 Å². The van der Waals surface area contributed by atoms with E-state index in [4.69, 9.17) is 9.47 Å². The number of nitrogens with one attached hydrogen (secondary N) is 1. The fourth-order valence-electron chi connectivity index (χ4n) is 3.83. The van der Waals surface area contributed by atoms with E-state index in [0.29, 0.717) is 38.3 Å². The average molecular weight is 472 g/mol. The maximum atomic E-state index is 11.6. The lowest BCUT2D eigenvalue weighted by atomic mass is 9.86. The second kappa shape index (κ2) is 10.7. The van der Waals surface area contributed by atoms with Crippen LogP contribution in [-0.4, -0.2) is 57.4 Å². The summed E-state index contributed by atoms with van der Waals surface area (Å²) >= 11 is 0. The lowest BCUT2D eigenvalue weighted by Gasteiger charge is -2.29. The first-order valence-corrected chi connectivity index (χ1v) is 11.7. The van der Waals surface area contributed by atoms with Crippen molar-refractivity contribution in [3.63, 3.8) is 0 Å². The van der Waals surface area contributed by atoms with Crippen LogP contribution in [0.15, 0.2) is 53.4 Å². The van der Waals surface area contributed by atoms with E-state index in [0.717, 1.165) is 17.6 Å². The maximum absolute atomic E-state index is 11.6. The van der Waals surface area contributed by atoms with E-state index in [1.165, 1.54) is 12.1 Å². The molecule has 0 bridgehead atoms. The van der Waals surface area contributed by atoms with E-state index in [-0.39, 0.29) is 17.3 Å². The van der Waals surface area contributed by atoms with E-state index < -0.39 is 27.5 Å². The van der Waals surface area contributed by atoms with Gasteiger partial charge in [0, 0.05) is 24.8 Å². The number of benzene rings is 2. The summed E-state index contributed by atoms with van der Waals surface area (Å²) in [6.07, 6.45) is 0.411. The van der Waals surface area contributed by atoms with E-state index in [1.807, 2.05) is 24.3 Å². The van der Waals surface area contributed by atoms with Crippen molar-refractivity contribution in [1.82, 2.24) is 5.32 Å². The highest BCUT2D eigenvalue weighted by Crippen LogP contribution is 2.39. The minimum absolute atomic E-state index is 0. The van der Waals surface area contributed by atoms with Crippen LogP contribution in [0.3, 0.4) is 0 Å². The van der Waals surface area contributed by atoms with Crippen LogP contribution in [0.1, 0.15) is 18.4 Å². The smallest absolute Gasteiger partial charge is 0.175 e. The largest absolute Gasteiger partial charge is 0.497 e. The van der Waals surface area contributed by atoms with Crippen molar-refractivity contribution < 1.29 is 28.1 Å². The first-order valence-electron chi connectivity index (χ1n) is 9.83. The Hall–Kier alpha value is -1.84. The van der Waals surface area contributed by atoms with Crippen LogP contribution in [-0.2, 0) is 16.4 Å². The Bertz CT molecular complexity index is 941. The minimum Gasteiger partial charge on any atom is -0.497 e. The molecule has 7 nitrogen and oxygen atoms in total. The van der Waals surface area contributed by atoms with Crippen LogP contribution in [0, 0.1) is 5.41 Å². The van der Waals surface area contributed by atoms with Crippen LogP contribution in [0.2, 0.25) is 0 Å². The van der Waals surface area contributed by atoms with Crippen LogP contribution in [0.25, 0.3) is 0 Å². The number of hydrogen-bond donors (Lipinski definition) is 3. The van der Waals surface area contributed by atoms with Crippen molar-refractivity contribution >= 4 is 22.2 Å². The van der Waals surface area contributed by atoms with E-state index in [2.05, 4.69) is 5.32 Å². The third-order valence-corrected chi connectivity index (χ3v) is 6.62. The van der Waals surface area contributed by atoms with Crippen molar-refractivity contribution in [2.75, 3.05) is 26.5 Å². The Balaban J connectivity index is 0.00000341. The lowest BCUT2D eigenvalue weighted by molar-refractivity contribution is 0.0438. The molecule has 0 heterocycles. The standard InChI is InChI=1S/C22H29NO6S.ClH/c1-28-18-5-3-4-16(10-18)13-23-14-22(11-20(24)21(25)12-22)15-29-17-6-8-19(9-7-17)30(2,26)27;/h3-10,20-21,23-25H,11-15H2,1-2H3;1H/t20-,21+,22?;. The summed E-state index contributed by atoms with van der Waals surface area (Å²) in [6.45, 7) is 1.47. The molecular formula is C22H30ClNO6S. The second-order valence-electron chi connectivity index (χ2n) is 8.03. The van der Waals surface area contributed by atoms with Crippen molar-refractivity contribution in [2.45, 2.75) is 36.5 Å². The van der Waals surface area contributed by atoms with Crippen molar-refractivity contribution in [2.24, 2.45) is 5.41 Å². The molecule has 3 atom stereocenters. The number of hydrogen-bond acceptors (Lipinski definition) is 7. The molecule has 1 aliphatic rings. The van der Waals surface area contributed by atoms with Gasteiger partial charge in [-0.05, 0) is 54.8 Å². The zero-order valence-electron chi connectivity index (χ0n) is 17.7. The molecule has 0 radical (unpaired) electrons. The third kappa shape index (κ3) is 6.82. The van der Waals surface area contributed by atoms with E-state index >= 15 is 0 Å². The van der Waals surface area contributed by atoms with Gasteiger partial charge in [0.2, 0.25) is 0 Å². The quantitative estimate of drug-likeness (QED) is 0.514. The predicted molar refractivity (Wildman–Crippen MR) is 121 cm³/mol. The maximum Gasteiger partial charge on any atom is 0.175 e. The first kappa shape index (κ1) is 25.4. The molecule has 3 N–H and O–H groups in total. The summed E-state index contributed by atoms with van der Waals surface area (Å²) in [4.78, 5) is 0.233. The molecule has 0 aliphatic heterocycles. The van der Waals surface area contributed by atoms with Gasteiger partial charge in [0.15, 0.2) is 9.84 Å². The lowest BCUT2D eigenvalue weighted by Crippen LogP contribution is -2.37. The topological polar surface area (TPSA) is 105 Å². The molecule has 172 valence electrons. The number of methoxy groups -OCH3 is 1. The van der Waals surface area contributed by atoms with Crippen LogP contribution in [0.4, 0.5) is 0 Å². The summed E-state index contributed by atoms with van der Waals surface area (Å²) in [5.41, 5.74) is 0.633. The first-order chi connectivity index (χ1) is 14.2. The van der Waals surface area contributed by atoms with Gasteiger partial charge >= 0.3 is 0 Å². The predicted octanol–water partition coefficient (Wildman–Crippen LogP) is 2.19. The molecular weight excluding hydrogens is 442 g/mol. The highest BCUT2D eigenvalue weighted by atomic mass is 35.5. The fourth-order valence-corrected chi connectivity index (χ4v) is 4.46. The molecule has 0 spiro atoms. The van der Waals surface area contributed by atoms with Gasteiger partial charge in [-0.1, -0.05) is 12.1 Å². The Labute approximate surface area is 189 Å². The van der Waals surface area contributed by atoms with E-state index in [1.54, 1.807) is 19.2 Å². The molecule has 1 fully saturated rings. The third-order valence-electron chi connectivity index (χ3n) is 5.49. The molecule has 0 amide bonds. The van der Waals surface area contributed by atoms with Gasteiger partial charge in [0.1, 0.15) is 11.5 Å². The second-order valence-corrected chi connectivity index (χ2v) is 10.0. The van der Waals surface area contributed by atoms with Crippen molar-refractivity contribution in [3.05, 3.63) is 54.1 Å². The Morgan fingerprint density at radius 1 is 1.06 bits per heavy atom. The van der Waals surface area contributed by atoms with Crippen molar-refractivity contribution in [1.29, 1.82) is 0 Å². The number of sulfone groups is 1. The van der Waals surface area contributed by atoms with Gasteiger partial charge in [0.25, 0.3) is 0 Å². The summed E-state index contributed by atoms with van der Waals surface area (Å²) < 4.78 is 34.4. The molecule has 2 aromatic rings. The van der Waals surface area contributed by atoms with Crippen molar-refractivity contribution in [3.8, 4) is 11.5 Å². The zero-order valence-corrected chi connectivity index (χ0v) is 19.3. The summed E-state index contributed by atoms with van der Waals surface area (Å²) in [6, 6.07) is 14.0. The normalized spacial score (nSPS) is 23.2. The summed E-state index contributed by atoms with van der Waals surface area (Å²) in [5.74, 6) is 1.34. The number of halogens is 1.